The number of aromatic nitrogens is 4. The van der Waals surface area contributed by atoms with E-state index < -0.39 is 17.2 Å². The Labute approximate surface area is 141 Å². The van der Waals surface area contributed by atoms with Crippen LogP contribution in [0.15, 0.2) is 28.0 Å². The summed E-state index contributed by atoms with van der Waals surface area (Å²) in [5, 5.41) is 9.03. The standard InChI is InChI=1S/C15H14N6O4/c16-7-11-13(18-4-3-17-11)25-9-2-1-5-21(8-9)14(23)10-6-12(22)20-15(24)19-10/h3-4,6,9H,1-2,5,8H2,(H2,19,20,22,24)/t9-/m0/s1. The number of rotatable bonds is 3. The molecule has 0 saturated carbocycles. The highest BCUT2D eigenvalue weighted by Gasteiger charge is 2.27. The Bertz CT molecular complexity index is 916. The van der Waals surface area contributed by atoms with Gasteiger partial charge in [0.1, 0.15) is 17.9 Å². The van der Waals surface area contributed by atoms with Gasteiger partial charge in [-0.2, -0.15) is 5.26 Å². The summed E-state index contributed by atoms with van der Waals surface area (Å²) in [7, 11) is 0. The SMILES string of the molecule is N#Cc1nccnc1O[C@H]1CCCN(C(=O)c2cc(=O)[nH]c(=O)[nH]2)C1. The molecule has 2 N–H and O–H groups in total. The van der Waals surface area contributed by atoms with E-state index in [1.54, 1.807) is 0 Å². The topological polar surface area (TPSA) is 145 Å². The summed E-state index contributed by atoms with van der Waals surface area (Å²) in [6.45, 7) is 0.716. The lowest BCUT2D eigenvalue weighted by molar-refractivity contribution is 0.0520. The summed E-state index contributed by atoms with van der Waals surface area (Å²) in [6, 6.07) is 2.95. The van der Waals surface area contributed by atoms with E-state index in [2.05, 4.69) is 15.0 Å². The number of nitrogens with zero attached hydrogens (tertiary/aromatic N) is 4. The van der Waals surface area contributed by atoms with Gasteiger partial charge in [-0.25, -0.2) is 14.8 Å². The van der Waals surface area contributed by atoms with Crippen molar-refractivity contribution in [2.45, 2.75) is 18.9 Å². The number of nitriles is 1. The molecule has 0 unspecified atom stereocenters. The lowest BCUT2D eigenvalue weighted by Gasteiger charge is -2.32. The van der Waals surface area contributed by atoms with Gasteiger partial charge in [0.05, 0.1) is 6.54 Å². The van der Waals surface area contributed by atoms with Gasteiger partial charge in [0.25, 0.3) is 17.3 Å². The Hall–Kier alpha value is -3.48. The number of amides is 1. The minimum atomic E-state index is -0.737. The average Bonchev–Trinajstić information content (AvgIpc) is 2.61. The third-order valence-electron chi connectivity index (χ3n) is 3.71. The Morgan fingerprint density at radius 2 is 2.12 bits per heavy atom. The third-order valence-corrected chi connectivity index (χ3v) is 3.71. The normalized spacial score (nSPS) is 16.9. The van der Waals surface area contributed by atoms with Gasteiger partial charge in [-0.05, 0) is 12.8 Å². The number of ether oxygens (including phenoxy) is 1. The van der Waals surface area contributed by atoms with Crippen LogP contribution in [0.3, 0.4) is 0 Å². The second-order valence-corrected chi connectivity index (χ2v) is 5.46. The maximum atomic E-state index is 12.5. The van der Waals surface area contributed by atoms with E-state index in [4.69, 9.17) is 10.00 Å². The van der Waals surface area contributed by atoms with Crippen molar-refractivity contribution in [1.29, 1.82) is 5.26 Å². The van der Waals surface area contributed by atoms with Crippen LogP contribution in [0.5, 0.6) is 5.88 Å². The lowest BCUT2D eigenvalue weighted by Crippen LogP contribution is -2.45. The predicted octanol–water partition coefficient (Wildman–Crippen LogP) is -0.592. The molecule has 2 aromatic heterocycles. The van der Waals surface area contributed by atoms with Crippen molar-refractivity contribution in [2.24, 2.45) is 0 Å². The summed E-state index contributed by atoms with van der Waals surface area (Å²) in [5.41, 5.74) is -1.38. The van der Waals surface area contributed by atoms with Crippen LogP contribution in [0.4, 0.5) is 0 Å². The molecule has 0 bridgehead atoms. The quantitative estimate of drug-likeness (QED) is 0.758. The number of likely N-dealkylation sites (tertiary alicyclic amines) is 1. The fraction of sp³-hybridized carbons (Fsp3) is 0.333. The predicted molar refractivity (Wildman–Crippen MR) is 84.0 cm³/mol. The minimum absolute atomic E-state index is 0.0740. The van der Waals surface area contributed by atoms with Gasteiger partial charge >= 0.3 is 5.69 Å². The number of aromatic amines is 2. The largest absolute Gasteiger partial charge is 0.470 e. The van der Waals surface area contributed by atoms with Gasteiger partial charge in [-0.1, -0.05) is 0 Å². The fourth-order valence-electron chi connectivity index (χ4n) is 2.62. The smallest absolute Gasteiger partial charge is 0.326 e. The molecule has 128 valence electrons. The second kappa shape index (κ2) is 6.96. The Balaban J connectivity index is 1.75. The molecule has 3 heterocycles. The zero-order valence-corrected chi connectivity index (χ0v) is 13.1. The Morgan fingerprint density at radius 3 is 2.88 bits per heavy atom. The molecule has 1 aliphatic rings. The highest BCUT2D eigenvalue weighted by molar-refractivity contribution is 5.92. The monoisotopic (exact) mass is 342 g/mol. The van der Waals surface area contributed by atoms with E-state index >= 15 is 0 Å². The highest BCUT2D eigenvalue weighted by Crippen LogP contribution is 2.19. The summed E-state index contributed by atoms with van der Waals surface area (Å²) in [6.07, 6.45) is 3.80. The van der Waals surface area contributed by atoms with E-state index in [1.165, 1.54) is 17.3 Å². The number of nitrogens with one attached hydrogen (secondary N) is 2. The number of carbonyl (C=O) groups excluding carboxylic acids is 1. The molecular formula is C15H14N6O4. The number of hydrogen-bond acceptors (Lipinski definition) is 7. The first-order chi connectivity index (χ1) is 12.1. The van der Waals surface area contributed by atoms with Crippen molar-refractivity contribution in [3.05, 3.63) is 50.7 Å². The molecule has 3 rings (SSSR count). The van der Waals surface area contributed by atoms with E-state index in [-0.39, 0.29) is 29.9 Å². The zero-order chi connectivity index (χ0) is 17.8. The number of hydrogen-bond donors (Lipinski definition) is 2. The average molecular weight is 342 g/mol. The number of H-pyrrole nitrogens is 2. The van der Waals surface area contributed by atoms with Crippen molar-refractivity contribution in [3.63, 3.8) is 0 Å². The molecule has 10 nitrogen and oxygen atoms in total. The van der Waals surface area contributed by atoms with Crippen molar-refractivity contribution < 1.29 is 9.53 Å². The van der Waals surface area contributed by atoms with Crippen LogP contribution in [0.25, 0.3) is 0 Å². The third kappa shape index (κ3) is 3.72. The van der Waals surface area contributed by atoms with Gasteiger partial charge in [-0.3, -0.25) is 14.6 Å². The summed E-state index contributed by atoms with van der Waals surface area (Å²) in [4.78, 5) is 48.9. The maximum Gasteiger partial charge on any atom is 0.326 e. The molecule has 1 saturated heterocycles. The van der Waals surface area contributed by atoms with E-state index in [1.807, 2.05) is 11.1 Å². The van der Waals surface area contributed by atoms with E-state index in [9.17, 15) is 14.4 Å². The zero-order valence-electron chi connectivity index (χ0n) is 13.1. The van der Waals surface area contributed by atoms with Crippen LogP contribution in [0.2, 0.25) is 0 Å². The molecule has 0 aromatic carbocycles. The first-order valence-corrected chi connectivity index (χ1v) is 7.57. The molecule has 1 fully saturated rings. The molecule has 2 aromatic rings. The van der Waals surface area contributed by atoms with Crippen LogP contribution in [0.1, 0.15) is 29.0 Å². The van der Waals surface area contributed by atoms with E-state index in [0.29, 0.717) is 19.4 Å². The second-order valence-electron chi connectivity index (χ2n) is 5.46. The number of piperidine rings is 1. The number of carbonyl (C=O) groups is 1. The molecule has 1 atom stereocenters. The fourth-order valence-corrected chi connectivity index (χ4v) is 2.62. The van der Waals surface area contributed by atoms with Crippen molar-refractivity contribution in [1.82, 2.24) is 24.8 Å². The van der Waals surface area contributed by atoms with Crippen LogP contribution in [-0.2, 0) is 0 Å². The highest BCUT2D eigenvalue weighted by atomic mass is 16.5. The van der Waals surface area contributed by atoms with Gasteiger partial charge in [-0.15, -0.1) is 0 Å². The summed E-state index contributed by atoms with van der Waals surface area (Å²) in [5.74, 6) is -0.343. The molecular weight excluding hydrogens is 328 g/mol. The van der Waals surface area contributed by atoms with Crippen LogP contribution < -0.4 is 16.0 Å². The van der Waals surface area contributed by atoms with Gasteiger partial charge < -0.3 is 14.6 Å². The van der Waals surface area contributed by atoms with Crippen molar-refractivity contribution in [3.8, 4) is 11.9 Å². The lowest BCUT2D eigenvalue weighted by atomic mass is 10.1. The first-order valence-electron chi connectivity index (χ1n) is 7.57. The van der Waals surface area contributed by atoms with Crippen LogP contribution in [-0.4, -0.2) is 49.9 Å². The molecule has 10 heteroatoms. The Kier molecular flexibility index (Phi) is 4.56. The molecule has 0 radical (unpaired) electrons. The van der Waals surface area contributed by atoms with Crippen LogP contribution >= 0.6 is 0 Å². The van der Waals surface area contributed by atoms with Crippen LogP contribution in [0, 0.1) is 11.3 Å². The van der Waals surface area contributed by atoms with E-state index in [0.717, 1.165) is 6.07 Å². The molecule has 25 heavy (non-hydrogen) atoms. The first kappa shape index (κ1) is 16.4. The summed E-state index contributed by atoms with van der Waals surface area (Å²) < 4.78 is 5.71. The van der Waals surface area contributed by atoms with Crippen molar-refractivity contribution in [2.75, 3.05) is 13.1 Å². The van der Waals surface area contributed by atoms with Gasteiger partial charge in [0.15, 0.2) is 0 Å². The molecule has 0 spiro atoms. The Morgan fingerprint density at radius 1 is 1.32 bits per heavy atom. The molecule has 1 amide bonds. The molecule has 0 aliphatic carbocycles. The van der Waals surface area contributed by atoms with Gasteiger partial charge in [0, 0.05) is 25.0 Å². The van der Waals surface area contributed by atoms with Gasteiger partial charge in [0.2, 0.25) is 5.69 Å². The maximum absolute atomic E-state index is 12.5. The summed E-state index contributed by atoms with van der Waals surface area (Å²) >= 11 is 0. The minimum Gasteiger partial charge on any atom is -0.470 e. The molecule has 1 aliphatic heterocycles. The van der Waals surface area contributed by atoms with Crippen molar-refractivity contribution >= 4 is 5.91 Å².